The van der Waals surface area contributed by atoms with E-state index in [1.54, 1.807) is 17.8 Å². The molecule has 1 aromatic carbocycles. The molecule has 104 valence electrons. The Morgan fingerprint density at radius 1 is 1.45 bits per heavy atom. The first kappa shape index (κ1) is 14.8. The van der Waals surface area contributed by atoms with Crippen LogP contribution in [0.4, 0.5) is 10.1 Å². The Bertz CT molecular complexity index is 636. The minimum atomic E-state index is -0.601. The molecule has 20 heavy (non-hydrogen) atoms. The fourth-order valence-corrected chi connectivity index (χ4v) is 2.57. The lowest BCUT2D eigenvalue weighted by molar-refractivity contribution is 0.102. The predicted octanol–water partition coefficient (Wildman–Crippen LogP) is 4.24. The number of nitrogens with zero attached hydrogens (tertiary/aromatic N) is 1. The molecule has 0 fully saturated rings. The first-order chi connectivity index (χ1) is 9.61. The topological polar surface area (TPSA) is 42.0 Å². The van der Waals surface area contributed by atoms with Gasteiger partial charge in [0, 0.05) is 4.90 Å². The number of rotatable bonds is 4. The molecule has 0 unspecified atom stereocenters. The fraction of sp³-hybridized carbons (Fsp3) is 0.143. The number of hydrogen-bond donors (Lipinski definition) is 1. The quantitative estimate of drug-likeness (QED) is 0.678. The summed E-state index contributed by atoms with van der Waals surface area (Å²) in [6.07, 6.45) is 0.972. The van der Waals surface area contributed by atoms with E-state index < -0.39 is 11.7 Å². The molecular weight excluding hydrogens is 299 g/mol. The lowest BCUT2D eigenvalue weighted by Gasteiger charge is -2.10. The monoisotopic (exact) mass is 310 g/mol. The molecule has 0 aliphatic carbocycles. The zero-order chi connectivity index (χ0) is 14.5. The number of thioether (sulfide) groups is 1. The molecule has 2 rings (SSSR count). The highest BCUT2D eigenvalue weighted by atomic mass is 35.5. The van der Waals surface area contributed by atoms with Crippen molar-refractivity contribution in [2.24, 2.45) is 0 Å². The van der Waals surface area contributed by atoms with Gasteiger partial charge >= 0.3 is 0 Å². The van der Waals surface area contributed by atoms with Crippen LogP contribution in [0.15, 0.2) is 41.4 Å². The number of pyridine rings is 1. The molecule has 1 aromatic heterocycles. The zero-order valence-electron chi connectivity index (χ0n) is 10.7. The second-order valence-corrected chi connectivity index (χ2v) is 5.54. The van der Waals surface area contributed by atoms with E-state index >= 15 is 0 Å². The Balaban J connectivity index is 2.26. The van der Waals surface area contributed by atoms with Crippen LogP contribution in [0.25, 0.3) is 0 Å². The van der Waals surface area contributed by atoms with Crippen molar-refractivity contribution in [1.82, 2.24) is 4.98 Å². The molecule has 0 atom stereocenters. The Labute approximate surface area is 125 Å². The molecule has 0 bridgehead atoms. The highest BCUT2D eigenvalue weighted by Gasteiger charge is 2.14. The number of benzene rings is 1. The maximum atomic E-state index is 13.1. The van der Waals surface area contributed by atoms with Crippen LogP contribution in [0.5, 0.6) is 0 Å². The second kappa shape index (κ2) is 6.72. The molecule has 0 aliphatic rings. The van der Waals surface area contributed by atoms with Crippen LogP contribution in [0.2, 0.25) is 5.15 Å². The number of amides is 1. The van der Waals surface area contributed by atoms with Gasteiger partial charge in [-0.3, -0.25) is 4.79 Å². The van der Waals surface area contributed by atoms with Crippen LogP contribution in [-0.4, -0.2) is 16.6 Å². The van der Waals surface area contributed by atoms with Gasteiger partial charge in [-0.15, -0.1) is 11.8 Å². The van der Waals surface area contributed by atoms with E-state index in [-0.39, 0.29) is 10.7 Å². The van der Waals surface area contributed by atoms with Gasteiger partial charge in [0.1, 0.15) is 11.0 Å². The molecule has 1 heterocycles. The number of hydrogen-bond acceptors (Lipinski definition) is 3. The molecule has 6 heteroatoms. The second-order valence-electron chi connectivity index (χ2n) is 3.88. The molecule has 1 amide bonds. The molecule has 0 spiro atoms. The Hall–Kier alpha value is -1.59. The van der Waals surface area contributed by atoms with Crippen LogP contribution < -0.4 is 5.32 Å². The van der Waals surface area contributed by atoms with Crippen molar-refractivity contribution in [2.75, 3.05) is 11.1 Å². The van der Waals surface area contributed by atoms with Gasteiger partial charge in [0.25, 0.3) is 5.91 Å². The summed E-state index contributed by atoms with van der Waals surface area (Å²) in [5, 5.41) is 2.71. The van der Waals surface area contributed by atoms with E-state index in [9.17, 15) is 9.18 Å². The first-order valence-corrected chi connectivity index (χ1v) is 7.32. The van der Waals surface area contributed by atoms with E-state index in [0.717, 1.165) is 22.9 Å². The van der Waals surface area contributed by atoms with Gasteiger partial charge in [0.15, 0.2) is 0 Å². The van der Waals surface area contributed by atoms with Gasteiger partial charge in [-0.2, -0.15) is 0 Å². The SMILES string of the molecule is CCSc1ccccc1NC(=O)c1cc(F)cnc1Cl. The Kier molecular flexibility index (Phi) is 4.98. The minimum Gasteiger partial charge on any atom is -0.321 e. The number of nitrogens with one attached hydrogen (secondary N) is 1. The lowest BCUT2D eigenvalue weighted by Crippen LogP contribution is -2.14. The van der Waals surface area contributed by atoms with Gasteiger partial charge < -0.3 is 5.32 Å². The largest absolute Gasteiger partial charge is 0.321 e. The van der Waals surface area contributed by atoms with Crippen molar-refractivity contribution in [2.45, 2.75) is 11.8 Å². The predicted molar refractivity (Wildman–Crippen MR) is 80.0 cm³/mol. The summed E-state index contributed by atoms with van der Waals surface area (Å²) >= 11 is 7.42. The van der Waals surface area contributed by atoms with E-state index in [1.165, 1.54) is 0 Å². The average molecular weight is 311 g/mol. The van der Waals surface area contributed by atoms with Gasteiger partial charge in [-0.05, 0) is 24.0 Å². The van der Waals surface area contributed by atoms with Gasteiger partial charge in [-0.1, -0.05) is 30.7 Å². The van der Waals surface area contributed by atoms with E-state index in [0.29, 0.717) is 5.69 Å². The number of para-hydroxylation sites is 1. The summed E-state index contributed by atoms with van der Waals surface area (Å²) in [7, 11) is 0. The average Bonchev–Trinajstić information content (AvgIpc) is 2.44. The summed E-state index contributed by atoms with van der Waals surface area (Å²) in [5.74, 6) is -0.197. The molecular formula is C14H12ClFN2OS. The highest BCUT2D eigenvalue weighted by molar-refractivity contribution is 7.99. The van der Waals surface area contributed by atoms with Crippen molar-refractivity contribution in [3.63, 3.8) is 0 Å². The molecule has 0 aliphatic heterocycles. The van der Waals surface area contributed by atoms with Crippen LogP contribution in [0.3, 0.4) is 0 Å². The van der Waals surface area contributed by atoms with Crippen molar-refractivity contribution in [3.05, 3.63) is 53.1 Å². The summed E-state index contributed by atoms with van der Waals surface area (Å²) in [6.45, 7) is 2.02. The third-order valence-corrected chi connectivity index (χ3v) is 3.74. The molecule has 0 saturated carbocycles. The van der Waals surface area contributed by atoms with E-state index in [2.05, 4.69) is 10.3 Å². The zero-order valence-corrected chi connectivity index (χ0v) is 12.3. The lowest BCUT2D eigenvalue weighted by atomic mass is 10.2. The van der Waals surface area contributed by atoms with Gasteiger partial charge in [0.2, 0.25) is 0 Å². The van der Waals surface area contributed by atoms with Crippen molar-refractivity contribution >= 4 is 35.0 Å². The van der Waals surface area contributed by atoms with Crippen LogP contribution in [0, 0.1) is 5.82 Å². The third kappa shape index (κ3) is 3.49. The van der Waals surface area contributed by atoms with Crippen LogP contribution in [0.1, 0.15) is 17.3 Å². The molecule has 3 nitrogen and oxygen atoms in total. The summed E-state index contributed by atoms with van der Waals surface area (Å²) in [4.78, 5) is 16.7. The van der Waals surface area contributed by atoms with Crippen molar-refractivity contribution in [3.8, 4) is 0 Å². The summed E-state index contributed by atoms with van der Waals surface area (Å²) < 4.78 is 13.1. The maximum Gasteiger partial charge on any atom is 0.258 e. The van der Waals surface area contributed by atoms with Crippen molar-refractivity contribution in [1.29, 1.82) is 0 Å². The Morgan fingerprint density at radius 3 is 2.95 bits per heavy atom. The van der Waals surface area contributed by atoms with Gasteiger partial charge in [-0.25, -0.2) is 9.37 Å². The molecule has 0 saturated heterocycles. The maximum absolute atomic E-state index is 13.1. The smallest absolute Gasteiger partial charge is 0.258 e. The minimum absolute atomic E-state index is 0.0166. The highest BCUT2D eigenvalue weighted by Crippen LogP contribution is 2.27. The standard InChI is InChI=1S/C14H12ClFN2OS/c1-2-20-12-6-4-3-5-11(12)18-14(19)10-7-9(16)8-17-13(10)15/h3-8H,2H2,1H3,(H,18,19). The number of anilines is 1. The summed E-state index contributed by atoms with van der Waals surface area (Å²) in [5.41, 5.74) is 0.688. The normalized spacial score (nSPS) is 10.3. The first-order valence-electron chi connectivity index (χ1n) is 5.96. The number of aromatic nitrogens is 1. The van der Waals surface area contributed by atoms with E-state index in [4.69, 9.17) is 11.6 Å². The molecule has 2 aromatic rings. The number of halogens is 2. The number of carbonyl (C=O) groups excluding carboxylic acids is 1. The Morgan fingerprint density at radius 2 is 2.20 bits per heavy atom. The number of carbonyl (C=O) groups is 1. The van der Waals surface area contributed by atoms with E-state index in [1.807, 2.05) is 25.1 Å². The molecule has 1 N–H and O–H groups in total. The summed E-state index contributed by atoms with van der Waals surface area (Å²) in [6, 6.07) is 8.48. The van der Waals surface area contributed by atoms with Crippen LogP contribution in [-0.2, 0) is 0 Å². The molecule has 0 radical (unpaired) electrons. The van der Waals surface area contributed by atoms with Gasteiger partial charge in [0.05, 0.1) is 17.4 Å². The fourth-order valence-electron chi connectivity index (χ4n) is 1.62. The third-order valence-electron chi connectivity index (χ3n) is 2.49. The van der Waals surface area contributed by atoms with Crippen molar-refractivity contribution < 1.29 is 9.18 Å². The van der Waals surface area contributed by atoms with Crippen LogP contribution >= 0.6 is 23.4 Å².